The van der Waals surface area contributed by atoms with Crippen molar-refractivity contribution >= 4 is 29.5 Å². The molecule has 0 radical (unpaired) electrons. The van der Waals surface area contributed by atoms with Crippen molar-refractivity contribution in [3.05, 3.63) is 27.2 Å². The van der Waals surface area contributed by atoms with E-state index in [2.05, 4.69) is 22.6 Å². The van der Waals surface area contributed by atoms with Crippen LogP contribution in [0.5, 0.6) is 0 Å². The molecule has 6 heteroatoms. The number of H-pyrrole nitrogens is 1. The van der Waals surface area contributed by atoms with E-state index in [4.69, 9.17) is 4.98 Å². The Bertz CT molecular complexity index is 686. The van der Waals surface area contributed by atoms with E-state index in [1.165, 1.54) is 12.8 Å². The molecule has 2 N–H and O–H groups in total. The summed E-state index contributed by atoms with van der Waals surface area (Å²) < 4.78 is 0. The molecule has 0 aliphatic carbocycles. The van der Waals surface area contributed by atoms with Crippen molar-refractivity contribution in [2.24, 2.45) is 0 Å². The second kappa shape index (κ2) is 7.60. The third kappa shape index (κ3) is 3.52. The van der Waals surface area contributed by atoms with E-state index in [-0.39, 0.29) is 18.2 Å². The average Bonchev–Trinajstić information content (AvgIpc) is 3.12. The lowest BCUT2D eigenvalue weighted by Crippen LogP contribution is -2.26. The number of nitrogens with one attached hydrogen (secondary N) is 2. The summed E-state index contributed by atoms with van der Waals surface area (Å²) in [4.78, 5) is 20.1. The summed E-state index contributed by atoms with van der Waals surface area (Å²) in [6.07, 6.45) is 4.52. The van der Waals surface area contributed by atoms with E-state index in [0.717, 1.165) is 52.6 Å². The number of nitrogens with zero attached hydrogens (tertiary/aromatic N) is 1. The first-order valence-electron chi connectivity index (χ1n) is 8.03. The number of hydrogen-bond donors (Lipinski definition) is 2. The lowest BCUT2D eigenvalue weighted by atomic mass is 10.0. The molecule has 2 aromatic heterocycles. The van der Waals surface area contributed by atoms with Crippen LogP contribution in [0.1, 0.15) is 65.8 Å². The summed E-state index contributed by atoms with van der Waals surface area (Å²) in [6, 6.07) is 0.390. The Hall–Kier alpha value is -1.17. The smallest absolute Gasteiger partial charge is 0.161 e. The first-order valence-corrected chi connectivity index (χ1v) is 8.91. The van der Waals surface area contributed by atoms with Crippen LogP contribution < -0.4 is 5.32 Å². The Kier molecular flexibility index (Phi) is 6.00. The van der Waals surface area contributed by atoms with Gasteiger partial charge < -0.3 is 10.3 Å². The van der Waals surface area contributed by atoms with Crippen LogP contribution in [0.3, 0.4) is 0 Å². The monoisotopic (exact) mass is 353 g/mol. The maximum absolute atomic E-state index is 11.9. The van der Waals surface area contributed by atoms with Crippen LogP contribution >= 0.6 is 23.7 Å². The second-order valence-corrected chi connectivity index (χ2v) is 6.85. The molecule has 126 valence electrons. The largest absolute Gasteiger partial charge is 0.356 e. The fourth-order valence-electron chi connectivity index (χ4n) is 3.35. The molecule has 1 atom stereocenters. The Labute approximate surface area is 147 Å². The minimum atomic E-state index is 0. The van der Waals surface area contributed by atoms with Crippen LogP contribution in [-0.4, -0.2) is 22.3 Å². The fraction of sp³-hybridized carbons (Fsp3) is 0.529. The minimum Gasteiger partial charge on any atom is -0.356 e. The van der Waals surface area contributed by atoms with Gasteiger partial charge in [-0.05, 0) is 45.2 Å². The topological polar surface area (TPSA) is 57.8 Å². The fourth-order valence-corrected chi connectivity index (χ4v) is 4.27. The summed E-state index contributed by atoms with van der Waals surface area (Å²) in [6.45, 7) is 6.78. The van der Waals surface area contributed by atoms with Crippen molar-refractivity contribution in [3.8, 4) is 11.4 Å². The molecule has 3 heterocycles. The second-order valence-electron chi connectivity index (χ2n) is 5.96. The van der Waals surface area contributed by atoms with Gasteiger partial charge in [0.1, 0.15) is 5.01 Å². The summed E-state index contributed by atoms with van der Waals surface area (Å²) in [7, 11) is 0. The molecular weight excluding hydrogens is 330 g/mol. The number of Topliss-reactive ketones (excluding diaryl/α,β-unsaturated/α-hetero) is 1. The number of rotatable bonds is 4. The van der Waals surface area contributed by atoms with E-state index < -0.39 is 0 Å². The van der Waals surface area contributed by atoms with Gasteiger partial charge in [-0.3, -0.25) is 4.79 Å². The Balaban J connectivity index is 0.00000192. The molecule has 0 amide bonds. The van der Waals surface area contributed by atoms with E-state index >= 15 is 0 Å². The Morgan fingerprint density at radius 2 is 2.22 bits per heavy atom. The van der Waals surface area contributed by atoms with Crippen LogP contribution in [0.2, 0.25) is 0 Å². The van der Waals surface area contributed by atoms with Gasteiger partial charge in [0.25, 0.3) is 0 Å². The third-order valence-corrected chi connectivity index (χ3v) is 5.34. The van der Waals surface area contributed by atoms with Gasteiger partial charge in [-0.25, -0.2) is 4.98 Å². The van der Waals surface area contributed by atoms with Crippen LogP contribution in [0, 0.1) is 6.92 Å². The molecule has 2 aromatic rings. The zero-order valence-corrected chi connectivity index (χ0v) is 15.5. The van der Waals surface area contributed by atoms with Gasteiger partial charge in [0.15, 0.2) is 5.78 Å². The zero-order chi connectivity index (χ0) is 15.7. The maximum atomic E-state index is 11.9. The normalized spacial score (nSPS) is 17.8. The minimum absolute atomic E-state index is 0. The lowest BCUT2D eigenvalue weighted by Gasteiger charge is -2.21. The van der Waals surface area contributed by atoms with Crippen molar-refractivity contribution < 1.29 is 4.79 Å². The highest BCUT2D eigenvalue weighted by atomic mass is 35.5. The van der Waals surface area contributed by atoms with Gasteiger partial charge in [-0.2, -0.15) is 0 Å². The maximum Gasteiger partial charge on any atom is 0.161 e. The first kappa shape index (κ1) is 18.2. The number of thiazole rings is 1. The molecule has 1 aliphatic rings. The molecule has 1 saturated heterocycles. The van der Waals surface area contributed by atoms with Crippen molar-refractivity contribution in [2.75, 3.05) is 6.54 Å². The van der Waals surface area contributed by atoms with E-state index in [0.29, 0.717) is 6.04 Å². The molecule has 0 saturated carbocycles. The van der Waals surface area contributed by atoms with Gasteiger partial charge in [-0.1, -0.05) is 13.3 Å². The third-order valence-electron chi connectivity index (χ3n) is 4.38. The van der Waals surface area contributed by atoms with Crippen molar-refractivity contribution in [1.29, 1.82) is 0 Å². The molecule has 0 aromatic carbocycles. The van der Waals surface area contributed by atoms with E-state index in [1.807, 2.05) is 6.92 Å². The van der Waals surface area contributed by atoms with Gasteiger partial charge in [0, 0.05) is 16.6 Å². The number of carbonyl (C=O) groups is 1. The average molecular weight is 354 g/mol. The zero-order valence-electron chi connectivity index (χ0n) is 13.9. The predicted molar refractivity (Wildman–Crippen MR) is 97.9 cm³/mol. The highest BCUT2D eigenvalue weighted by Crippen LogP contribution is 2.33. The molecule has 0 bridgehead atoms. The standard InChI is InChI=1S/C17H23N3OS.ClH/c1-4-12-15(11(3)21)10(2)19-16(12)14-9-22-17(20-14)13-7-5-6-8-18-13;/h9,13,18-19H,4-8H2,1-3H3;1H. The van der Waals surface area contributed by atoms with Gasteiger partial charge in [-0.15, -0.1) is 23.7 Å². The summed E-state index contributed by atoms with van der Waals surface area (Å²) in [5.41, 5.74) is 4.87. The lowest BCUT2D eigenvalue weighted by molar-refractivity contribution is 0.101. The predicted octanol–water partition coefficient (Wildman–Crippen LogP) is 4.45. The number of carbonyl (C=O) groups excluding carboxylic acids is 1. The summed E-state index contributed by atoms with van der Waals surface area (Å²) in [5, 5.41) is 6.82. The first-order chi connectivity index (χ1) is 10.6. The highest BCUT2D eigenvalue weighted by molar-refractivity contribution is 7.10. The van der Waals surface area contributed by atoms with Crippen LogP contribution in [-0.2, 0) is 6.42 Å². The molecule has 0 spiro atoms. The molecule has 23 heavy (non-hydrogen) atoms. The number of hydrogen-bond acceptors (Lipinski definition) is 4. The molecule has 3 rings (SSSR count). The van der Waals surface area contributed by atoms with Crippen LogP contribution in [0.4, 0.5) is 0 Å². The molecular formula is C17H24ClN3OS. The number of aryl methyl sites for hydroxylation is 1. The number of aromatic amines is 1. The molecule has 1 aliphatic heterocycles. The van der Waals surface area contributed by atoms with E-state index in [9.17, 15) is 4.79 Å². The molecule has 1 fully saturated rings. The Morgan fingerprint density at radius 3 is 2.83 bits per heavy atom. The number of piperidine rings is 1. The van der Waals surface area contributed by atoms with Crippen molar-refractivity contribution in [2.45, 2.75) is 52.5 Å². The van der Waals surface area contributed by atoms with Gasteiger partial charge in [0.2, 0.25) is 0 Å². The summed E-state index contributed by atoms with van der Waals surface area (Å²) >= 11 is 1.72. The summed E-state index contributed by atoms with van der Waals surface area (Å²) in [5.74, 6) is 0.126. The van der Waals surface area contributed by atoms with E-state index in [1.54, 1.807) is 18.3 Å². The Morgan fingerprint density at radius 1 is 1.43 bits per heavy atom. The van der Waals surface area contributed by atoms with Gasteiger partial charge in [0.05, 0.1) is 17.4 Å². The van der Waals surface area contributed by atoms with Gasteiger partial charge >= 0.3 is 0 Å². The highest BCUT2D eigenvalue weighted by Gasteiger charge is 2.22. The SMILES string of the molecule is CCc1c(-c2csc(C3CCCCN3)n2)[nH]c(C)c1C(C)=O.Cl. The van der Waals surface area contributed by atoms with Crippen molar-refractivity contribution in [1.82, 2.24) is 15.3 Å². The number of ketones is 1. The van der Waals surface area contributed by atoms with Crippen molar-refractivity contribution in [3.63, 3.8) is 0 Å². The number of aromatic nitrogens is 2. The molecule has 4 nitrogen and oxygen atoms in total. The van der Waals surface area contributed by atoms with Crippen LogP contribution in [0.25, 0.3) is 11.4 Å². The quantitative estimate of drug-likeness (QED) is 0.798. The number of halogens is 1. The molecule has 1 unspecified atom stereocenters. The van der Waals surface area contributed by atoms with Crippen LogP contribution in [0.15, 0.2) is 5.38 Å².